The molecule has 24 heavy (non-hydrogen) atoms. The van der Waals surface area contributed by atoms with Crippen molar-refractivity contribution in [2.45, 2.75) is 24.3 Å². The number of benzene rings is 1. The van der Waals surface area contributed by atoms with Crippen molar-refractivity contribution < 1.29 is 8.42 Å². The van der Waals surface area contributed by atoms with E-state index in [9.17, 15) is 8.42 Å². The van der Waals surface area contributed by atoms with Crippen LogP contribution in [-0.2, 0) is 10.0 Å². The van der Waals surface area contributed by atoms with E-state index in [-0.39, 0.29) is 30.9 Å². The van der Waals surface area contributed by atoms with Crippen LogP contribution in [0.25, 0.3) is 10.8 Å². The van der Waals surface area contributed by atoms with Crippen LogP contribution in [0.15, 0.2) is 40.0 Å². The second kappa shape index (κ2) is 8.78. The van der Waals surface area contributed by atoms with Crippen LogP contribution in [0.2, 0.25) is 0 Å². The minimum Gasteiger partial charge on any atom is -0.315 e. The average molecular weight is 457 g/mol. The number of nitrogens with one attached hydrogen (secondary N) is 1. The van der Waals surface area contributed by atoms with Crippen molar-refractivity contribution in [2.75, 3.05) is 19.6 Å². The molecule has 1 unspecified atom stereocenters. The molecule has 9 heteroatoms. The molecule has 1 N–H and O–H groups in total. The topological polar surface area (TPSA) is 62.3 Å². The Morgan fingerprint density at radius 2 is 2.04 bits per heavy atom. The predicted octanol–water partition coefficient (Wildman–Crippen LogP) is 3.21. The number of fused-ring (bicyclic) bond motifs is 1. The molecule has 0 spiro atoms. The summed E-state index contributed by atoms with van der Waals surface area (Å²) in [6.07, 6.45) is 4.14. The molecule has 2 aromatic rings. The predicted molar refractivity (Wildman–Crippen MR) is 105 cm³/mol. The minimum atomic E-state index is -3.55. The Morgan fingerprint density at radius 1 is 1.29 bits per heavy atom. The molecule has 1 aromatic carbocycles. The molecule has 0 radical (unpaired) electrons. The van der Waals surface area contributed by atoms with E-state index in [1.165, 1.54) is 0 Å². The summed E-state index contributed by atoms with van der Waals surface area (Å²) in [5.41, 5.74) is 0. The monoisotopic (exact) mass is 455 g/mol. The Kier molecular flexibility index (Phi) is 7.90. The summed E-state index contributed by atoms with van der Waals surface area (Å²) in [7, 11) is -3.55. The summed E-state index contributed by atoms with van der Waals surface area (Å²) in [4.78, 5) is 4.45. The quantitative estimate of drug-likeness (QED) is 0.753. The highest BCUT2D eigenvalue weighted by Gasteiger charge is 2.31. The zero-order valence-electron chi connectivity index (χ0n) is 13.1. The van der Waals surface area contributed by atoms with Gasteiger partial charge in [-0.3, -0.25) is 4.98 Å². The Bertz CT molecular complexity index is 799. The van der Waals surface area contributed by atoms with Crippen LogP contribution in [0.4, 0.5) is 0 Å². The molecule has 5 nitrogen and oxygen atoms in total. The first-order valence-electron chi connectivity index (χ1n) is 7.26. The number of hydrogen-bond acceptors (Lipinski definition) is 4. The molecule has 0 aliphatic carbocycles. The van der Waals surface area contributed by atoms with Gasteiger partial charge in [0.2, 0.25) is 10.0 Å². The van der Waals surface area contributed by atoms with Gasteiger partial charge in [-0.05, 0) is 41.9 Å². The zero-order valence-corrected chi connectivity index (χ0v) is 17.1. The van der Waals surface area contributed by atoms with E-state index in [4.69, 9.17) is 0 Å². The average Bonchev–Trinajstić information content (AvgIpc) is 2.72. The van der Waals surface area contributed by atoms with Crippen molar-refractivity contribution in [3.05, 3.63) is 35.1 Å². The van der Waals surface area contributed by atoms with E-state index < -0.39 is 10.0 Å². The molecular weight excluding hydrogens is 437 g/mol. The maximum atomic E-state index is 13.2. The highest BCUT2D eigenvalue weighted by molar-refractivity contribution is 9.10. The third-order valence-electron chi connectivity index (χ3n) is 3.95. The van der Waals surface area contributed by atoms with Gasteiger partial charge in [0.25, 0.3) is 0 Å². The molecule has 3 rings (SSSR count). The molecule has 0 saturated carbocycles. The smallest absolute Gasteiger partial charge is 0.244 e. The fraction of sp³-hybridized carbons (Fsp3) is 0.400. The van der Waals surface area contributed by atoms with Gasteiger partial charge in [0.05, 0.1) is 4.90 Å². The van der Waals surface area contributed by atoms with Crippen molar-refractivity contribution in [2.24, 2.45) is 0 Å². The molecular formula is C15H20BrCl2N3O2S. The highest BCUT2D eigenvalue weighted by atomic mass is 79.9. The summed E-state index contributed by atoms with van der Waals surface area (Å²) in [6.45, 7) is 4.00. The van der Waals surface area contributed by atoms with Gasteiger partial charge >= 0.3 is 0 Å². The van der Waals surface area contributed by atoms with E-state index in [2.05, 4.69) is 26.2 Å². The molecule has 0 bridgehead atoms. The Morgan fingerprint density at radius 3 is 2.79 bits per heavy atom. The van der Waals surface area contributed by atoms with Gasteiger partial charge in [-0.25, -0.2) is 8.42 Å². The number of rotatable bonds is 2. The first-order chi connectivity index (χ1) is 10.5. The van der Waals surface area contributed by atoms with Crippen LogP contribution in [0.5, 0.6) is 0 Å². The minimum absolute atomic E-state index is 0. The van der Waals surface area contributed by atoms with E-state index in [0.29, 0.717) is 27.8 Å². The molecule has 2 heterocycles. The van der Waals surface area contributed by atoms with Gasteiger partial charge in [-0.2, -0.15) is 4.31 Å². The highest BCUT2D eigenvalue weighted by Crippen LogP contribution is 2.31. The van der Waals surface area contributed by atoms with Gasteiger partial charge in [-0.15, -0.1) is 24.8 Å². The summed E-state index contributed by atoms with van der Waals surface area (Å²) in [5.74, 6) is 0. The maximum absolute atomic E-state index is 13.2. The summed E-state index contributed by atoms with van der Waals surface area (Å²) in [6, 6.07) is 5.25. The van der Waals surface area contributed by atoms with Crippen molar-refractivity contribution in [1.82, 2.24) is 14.6 Å². The fourth-order valence-electron chi connectivity index (χ4n) is 2.85. The molecule has 1 fully saturated rings. The first kappa shape index (κ1) is 21.6. The molecule has 1 aliphatic rings. The van der Waals surface area contributed by atoms with Crippen LogP contribution >= 0.6 is 40.7 Å². The second-order valence-corrected chi connectivity index (χ2v) is 8.21. The van der Waals surface area contributed by atoms with Gasteiger partial charge in [0.1, 0.15) is 0 Å². The van der Waals surface area contributed by atoms with E-state index >= 15 is 0 Å². The Balaban J connectivity index is 0.00000144. The summed E-state index contributed by atoms with van der Waals surface area (Å²) in [5, 5.41) is 4.79. The first-order valence-corrected chi connectivity index (χ1v) is 9.50. The molecule has 1 aliphatic heterocycles. The number of sulfonamides is 1. The van der Waals surface area contributed by atoms with E-state index in [0.717, 1.165) is 18.4 Å². The largest absolute Gasteiger partial charge is 0.315 e. The third kappa shape index (κ3) is 4.03. The van der Waals surface area contributed by atoms with E-state index in [1.807, 2.05) is 13.0 Å². The Hall–Kier alpha value is -0.440. The normalized spacial score (nSPS) is 19.2. The molecule has 1 atom stereocenters. The van der Waals surface area contributed by atoms with E-state index in [1.54, 1.807) is 28.8 Å². The van der Waals surface area contributed by atoms with Crippen LogP contribution in [-0.4, -0.2) is 43.4 Å². The van der Waals surface area contributed by atoms with Crippen LogP contribution in [0.1, 0.15) is 13.3 Å². The van der Waals surface area contributed by atoms with Crippen LogP contribution < -0.4 is 5.32 Å². The third-order valence-corrected chi connectivity index (χ3v) is 6.61. The maximum Gasteiger partial charge on any atom is 0.244 e. The summed E-state index contributed by atoms with van der Waals surface area (Å²) < 4.78 is 28.7. The zero-order chi connectivity index (χ0) is 15.7. The lowest BCUT2D eigenvalue weighted by atomic mass is 10.2. The number of hydrogen-bond donors (Lipinski definition) is 1. The van der Waals surface area contributed by atoms with Gasteiger partial charge in [-0.1, -0.05) is 12.1 Å². The standard InChI is InChI=1S/C15H18BrN3O2S.2ClH/c1-11-8-17-6-3-7-19(11)22(20,21)14-5-2-4-12-9-18-10-13(16)15(12)14;;/h2,4-5,9-11,17H,3,6-8H2,1H3;2*1H. The van der Waals surface area contributed by atoms with Crippen molar-refractivity contribution in [1.29, 1.82) is 0 Å². The number of halogens is 3. The van der Waals surface area contributed by atoms with Gasteiger partial charge in [0, 0.05) is 46.8 Å². The lowest BCUT2D eigenvalue weighted by molar-refractivity contribution is 0.354. The summed E-state index contributed by atoms with van der Waals surface area (Å²) >= 11 is 3.44. The SMILES string of the molecule is CC1CNCCCN1S(=O)(=O)c1cccc2cncc(Br)c12.Cl.Cl. The lowest BCUT2D eigenvalue weighted by Gasteiger charge is -2.26. The second-order valence-electron chi connectivity index (χ2n) is 5.50. The molecule has 0 amide bonds. The molecule has 1 aromatic heterocycles. The number of pyridine rings is 1. The molecule has 134 valence electrons. The van der Waals surface area contributed by atoms with Gasteiger partial charge < -0.3 is 5.32 Å². The Labute approximate surface area is 163 Å². The lowest BCUT2D eigenvalue weighted by Crippen LogP contribution is -2.41. The molecule has 1 saturated heterocycles. The number of aromatic nitrogens is 1. The fourth-order valence-corrected chi connectivity index (χ4v) is 5.45. The van der Waals surface area contributed by atoms with Crippen molar-refractivity contribution in [3.8, 4) is 0 Å². The van der Waals surface area contributed by atoms with Crippen molar-refractivity contribution >= 4 is 61.5 Å². The van der Waals surface area contributed by atoms with Gasteiger partial charge in [0.15, 0.2) is 0 Å². The van der Waals surface area contributed by atoms with Crippen LogP contribution in [0.3, 0.4) is 0 Å². The van der Waals surface area contributed by atoms with Crippen molar-refractivity contribution in [3.63, 3.8) is 0 Å². The van der Waals surface area contributed by atoms with Crippen LogP contribution in [0, 0.1) is 0 Å². The number of nitrogens with zero attached hydrogens (tertiary/aromatic N) is 2.